The predicted molar refractivity (Wildman–Crippen MR) is 88.2 cm³/mol. The molecule has 106 valence electrons. The molecule has 0 aliphatic carbocycles. The zero-order chi connectivity index (χ0) is 14.9. The van der Waals surface area contributed by atoms with Gasteiger partial charge in [0.05, 0.1) is 21.4 Å². The summed E-state index contributed by atoms with van der Waals surface area (Å²) in [6.07, 6.45) is 1.73. The summed E-state index contributed by atoms with van der Waals surface area (Å²) in [7, 11) is 0. The molecule has 0 spiro atoms. The number of rotatable bonds is 2. The average Bonchev–Trinajstić information content (AvgIpc) is 3.02. The summed E-state index contributed by atoms with van der Waals surface area (Å²) in [5, 5.41) is 0. The summed E-state index contributed by atoms with van der Waals surface area (Å²) in [6.45, 7) is 0. The maximum atomic E-state index is 13.5. The third-order valence-corrected chi connectivity index (χ3v) is 4.34. The molecule has 4 aromatic rings. The summed E-state index contributed by atoms with van der Waals surface area (Å²) in [5.74, 6) is -0.257. The molecule has 0 unspecified atom stereocenters. The zero-order valence-electron chi connectivity index (χ0n) is 11.5. The number of thiazole rings is 1. The summed E-state index contributed by atoms with van der Waals surface area (Å²) >= 11 is 1.61. The van der Waals surface area contributed by atoms with Crippen LogP contribution in [-0.4, -0.2) is 9.97 Å². The van der Waals surface area contributed by atoms with E-state index in [0.717, 1.165) is 32.6 Å². The monoisotopic (exact) mass is 306 g/mol. The molecule has 0 atom stereocenters. The van der Waals surface area contributed by atoms with Gasteiger partial charge in [0.2, 0.25) is 0 Å². The molecule has 2 aromatic carbocycles. The minimum atomic E-state index is -0.257. The van der Waals surface area contributed by atoms with E-state index >= 15 is 0 Å². The first-order valence-corrected chi connectivity index (χ1v) is 7.74. The van der Waals surface area contributed by atoms with Crippen LogP contribution < -0.4 is 0 Å². The number of pyridine rings is 1. The van der Waals surface area contributed by atoms with Crippen molar-refractivity contribution in [2.24, 2.45) is 0 Å². The van der Waals surface area contributed by atoms with Gasteiger partial charge in [0.15, 0.2) is 0 Å². The number of hydrogen-bond donors (Lipinski definition) is 0. The standard InChI is InChI=1S/C18H11FN2S/c19-14-4-1-3-13(9-14)18-15(5-2-8-20-18)12-6-7-16-17(10-12)22-11-21-16/h1-11H. The lowest BCUT2D eigenvalue weighted by Crippen LogP contribution is -1.89. The van der Waals surface area contributed by atoms with Crippen LogP contribution in [0, 0.1) is 5.82 Å². The highest BCUT2D eigenvalue weighted by molar-refractivity contribution is 7.16. The molecule has 0 aliphatic heterocycles. The van der Waals surface area contributed by atoms with Gasteiger partial charge in [-0.1, -0.05) is 24.3 Å². The Hall–Kier alpha value is -2.59. The second kappa shape index (κ2) is 5.31. The smallest absolute Gasteiger partial charge is 0.123 e. The first-order valence-electron chi connectivity index (χ1n) is 6.86. The van der Waals surface area contributed by atoms with Crippen molar-refractivity contribution >= 4 is 21.6 Å². The third-order valence-electron chi connectivity index (χ3n) is 3.55. The van der Waals surface area contributed by atoms with Crippen LogP contribution in [0.4, 0.5) is 4.39 Å². The van der Waals surface area contributed by atoms with Gasteiger partial charge in [-0.15, -0.1) is 11.3 Å². The molecule has 22 heavy (non-hydrogen) atoms. The second-order valence-corrected chi connectivity index (χ2v) is 5.83. The van der Waals surface area contributed by atoms with E-state index < -0.39 is 0 Å². The maximum Gasteiger partial charge on any atom is 0.123 e. The summed E-state index contributed by atoms with van der Waals surface area (Å²) in [5.41, 5.74) is 6.44. The lowest BCUT2D eigenvalue weighted by molar-refractivity contribution is 0.628. The van der Waals surface area contributed by atoms with Crippen molar-refractivity contribution in [3.63, 3.8) is 0 Å². The molecule has 2 aromatic heterocycles. The maximum absolute atomic E-state index is 13.5. The fourth-order valence-corrected chi connectivity index (χ4v) is 3.24. The molecule has 0 bridgehead atoms. The van der Waals surface area contributed by atoms with Gasteiger partial charge in [0, 0.05) is 17.3 Å². The number of aromatic nitrogens is 2. The molecule has 4 heteroatoms. The number of nitrogens with zero attached hydrogens (tertiary/aromatic N) is 2. The van der Waals surface area contributed by atoms with E-state index in [2.05, 4.69) is 16.0 Å². The summed E-state index contributed by atoms with van der Waals surface area (Å²) < 4.78 is 14.7. The molecule has 0 saturated heterocycles. The second-order valence-electron chi connectivity index (χ2n) is 4.94. The first-order chi connectivity index (χ1) is 10.8. The van der Waals surface area contributed by atoms with Gasteiger partial charge in [-0.3, -0.25) is 4.98 Å². The van der Waals surface area contributed by atoms with Crippen LogP contribution in [0.3, 0.4) is 0 Å². The Morgan fingerprint density at radius 1 is 0.864 bits per heavy atom. The van der Waals surface area contributed by atoms with Crippen LogP contribution >= 0.6 is 11.3 Å². The fourth-order valence-electron chi connectivity index (χ4n) is 2.53. The topological polar surface area (TPSA) is 25.8 Å². The Morgan fingerprint density at radius 2 is 1.82 bits per heavy atom. The van der Waals surface area contributed by atoms with E-state index in [9.17, 15) is 4.39 Å². The van der Waals surface area contributed by atoms with Gasteiger partial charge in [0.1, 0.15) is 5.82 Å². The van der Waals surface area contributed by atoms with Crippen LogP contribution in [0.1, 0.15) is 0 Å². The lowest BCUT2D eigenvalue weighted by Gasteiger charge is -2.09. The van der Waals surface area contributed by atoms with E-state index in [1.807, 2.05) is 35.8 Å². The quantitative estimate of drug-likeness (QED) is 0.511. The van der Waals surface area contributed by atoms with Crippen LogP contribution in [-0.2, 0) is 0 Å². The molecule has 0 amide bonds. The van der Waals surface area contributed by atoms with Crippen LogP contribution in [0.5, 0.6) is 0 Å². The molecular formula is C18H11FN2S. The normalized spacial score (nSPS) is 11.0. The largest absolute Gasteiger partial charge is 0.256 e. The van der Waals surface area contributed by atoms with Gasteiger partial charge in [-0.25, -0.2) is 9.37 Å². The van der Waals surface area contributed by atoms with Gasteiger partial charge < -0.3 is 0 Å². The molecule has 4 rings (SSSR count). The van der Waals surface area contributed by atoms with Crippen LogP contribution in [0.25, 0.3) is 32.6 Å². The highest BCUT2D eigenvalue weighted by atomic mass is 32.1. The molecule has 2 nitrogen and oxygen atoms in total. The molecule has 0 aliphatic rings. The van der Waals surface area contributed by atoms with Gasteiger partial charge >= 0.3 is 0 Å². The van der Waals surface area contributed by atoms with Crippen LogP contribution in [0.15, 0.2) is 66.3 Å². The Bertz CT molecular complexity index is 962. The highest BCUT2D eigenvalue weighted by Crippen LogP contribution is 2.32. The minimum absolute atomic E-state index is 0.257. The van der Waals surface area contributed by atoms with Crippen molar-refractivity contribution < 1.29 is 4.39 Å². The minimum Gasteiger partial charge on any atom is -0.256 e. The van der Waals surface area contributed by atoms with Crippen LogP contribution in [0.2, 0.25) is 0 Å². The van der Waals surface area contributed by atoms with Crippen molar-refractivity contribution in [1.29, 1.82) is 0 Å². The number of halogens is 1. The van der Waals surface area contributed by atoms with Gasteiger partial charge in [-0.05, 0) is 35.9 Å². The fraction of sp³-hybridized carbons (Fsp3) is 0. The molecule has 0 radical (unpaired) electrons. The zero-order valence-corrected chi connectivity index (χ0v) is 12.3. The number of hydrogen-bond acceptors (Lipinski definition) is 3. The van der Waals surface area contributed by atoms with Crippen molar-refractivity contribution in [3.8, 4) is 22.4 Å². The molecule has 2 heterocycles. The first kappa shape index (κ1) is 13.1. The van der Waals surface area contributed by atoms with Gasteiger partial charge in [-0.2, -0.15) is 0 Å². The summed E-state index contributed by atoms with van der Waals surface area (Å²) in [4.78, 5) is 8.75. The SMILES string of the molecule is Fc1cccc(-c2ncccc2-c2ccc3ncsc3c2)c1. The average molecular weight is 306 g/mol. The van der Waals surface area contributed by atoms with Crippen molar-refractivity contribution in [3.05, 3.63) is 72.1 Å². The third kappa shape index (κ3) is 2.27. The Labute approximate surface area is 130 Å². The Balaban J connectivity index is 1.92. The molecular weight excluding hydrogens is 295 g/mol. The van der Waals surface area contributed by atoms with Crippen molar-refractivity contribution in [2.75, 3.05) is 0 Å². The molecule has 0 saturated carbocycles. The van der Waals surface area contributed by atoms with E-state index in [4.69, 9.17) is 0 Å². The van der Waals surface area contributed by atoms with E-state index in [0.29, 0.717) is 0 Å². The highest BCUT2D eigenvalue weighted by Gasteiger charge is 2.10. The molecule has 0 fully saturated rings. The predicted octanol–water partition coefficient (Wildman–Crippen LogP) is 5.16. The number of fused-ring (bicyclic) bond motifs is 1. The number of benzene rings is 2. The summed E-state index contributed by atoms with van der Waals surface area (Å²) in [6, 6.07) is 16.6. The van der Waals surface area contributed by atoms with Crippen molar-refractivity contribution in [2.45, 2.75) is 0 Å². The van der Waals surface area contributed by atoms with E-state index in [-0.39, 0.29) is 5.82 Å². The lowest BCUT2D eigenvalue weighted by atomic mass is 9.99. The van der Waals surface area contributed by atoms with Gasteiger partial charge in [0.25, 0.3) is 0 Å². The Morgan fingerprint density at radius 3 is 2.73 bits per heavy atom. The van der Waals surface area contributed by atoms with E-state index in [1.165, 1.54) is 12.1 Å². The van der Waals surface area contributed by atoms with Crippen molar-refractivity contribution in [1.82, 2.24) is 9.97 Å². The molecule has 0 N–H and O–H groups in total. The Kier molecular flexibility index (Phi) is 3.16. The van der Waals surface area contributed by atoms with E-state index in [1.54, 1.807) is 23.6 Å².